The SMILES string of the molecule is FC(F)(F)COCCCC1(CCl)CCCOC1. The van der Waals surface area contributed by atoms with Crippen LogP contribution in [0.25, 0.3) is 0 Å². The van der Waals surface area contributed by atoms with Crippen molar-refractivity contribution in [3.63, 3.8) is 0 Å². The van der Waals surface area contributed by atoms with Gasteiger partial charge in [0.05, 0.1) is 6.61 Å². The summed E-state index contributed by atoms with van der Waals surface area (Å²) in [6.45, 7) is 0.314. The van der Waals surface area contributed by atoms with Gasteiger partial charge in [0.1, 0.15) is 6.61 Å². The Morgan fingerprint density at radius 2 is 2.12 bits per heavy atom. The molecule has 1 aliphatic rings. The second kappa shape index (κ2) is 6.81. The highest BCUT2D eigenvalue weighted by Crippen LogP contribution is 2.34. The number of rotatable bonds is 6. The van der Waals surface area contributed by atoms with Crippen LogP contribution >= 0.6 is 11.6 Å². The predicted molar refractivity (Wildman–Crippen MR) is 59.3 cm³/mol. The van der Waals surface area contributed by atoms with Crippen LogP contribution in [-0.4, -0.2) is 38.5 Å². The molecule has 0 aromatic rings. The fraction of sp³-hybridized carbons (Fsp3) is 1.00. The normalized spacial score (nSPS) is 26.1. The first-order chi connectivity index (χ1) is 7.97. The van der Waals surface area contributed by atoms with Crippen LogP contribution in [0.3, 0.4) is 0 Å². The van der Waals surface area contributed by atoms with E-state index in [-0.39, 0.29) is 12.0 Å². The van der Waals surface area contributed by atoms with Crippen LogP contribution in [0.5, 0.6) is 0 Å². The summed E-state index contributed by atoms with van der Waals surface area (Å²) in [6, 6.07) is 0. The van der Waals surface area contributed by atoms with Crippen molar-refractivity contribution in [2.45, 2.75) is 31.9 Å². The summed E-state index contributed by atoms with van der Waals surface area (Å²) in [5.74, 6) is 0.492. The zero-order valence-corrected chi connectivity index (χ0v) is 10.4. The van der Waals surface area contributed by atoms with Crippen LogP contribution in [0.15, 0.2) is 0 Å². The molecule has 0 radical (unpaired) electrons. The largest absolute Gasteiger partial charge is 0.411 e. The van der Waals surface area contributed by atoms with E-state index in [1.54, 1.807) is 0 Å². The zero-order valence-electron chi connectivity index (χ0n) is 9.69. The van der Waals surface area contributed by atoms with E-state index >= 15 is 0 Å². The summed E-state index contributed by atoms with van der Waals surface area (Å²) in [5.41, 5.74) is -0.0681. The highest BCUT2D eigenvalue weighted by Gasteiger charge is 2.32. The number of hydrogen-bond donors (Lipinski definition) is 0. The topological polar surface area (TPSA) is 18.5 Å². The molecule has 17 heavy (non-hydrogen) atoms. The Bertz CT molecular complexity index is 215. The van der Waals surface area contributed by atoms with Crippen LogP contribution in [-0.2, 0) is 9.47 Å². The Balaban J connectivity index is 2.15. The van der Waals surface area contributed by atoms with Crippen LogP contribution in [0.1, 0.15) is 25.7 Å². The van der Waals surface area contributed by atoms with Crippen molar-refractivity contribution in [3.8, 4) is 0 Å². The van der Waals surface area contributed by atoms with Crippen LogP contribution < -0.4 is 0 Å². The number of hydrogen-bond acceptors (Lipinski definition) is 2. The Labute approximate surface area is 104 Å². The van der Waals surface area contributed by atoms with Crippen LogP contribution in [0.4, 0.5) is 13.2 Å². The lowest BCUT2D eigenvalue weighted by atomic mass is 9.80. The number of halogens is 4. The predicted octanol–water partition coefficient (Wildman–Crippen LogP) is 3.38. The van der Waals surface area contributed by atoms with Gasteiger partial charge in [0.15, 0.2) is 0 Å². The molecule has 1 aliphatic heterocycles. The molecule has 1 atom stereocenters. The van der Waals surface area contributed by atoms with Gasteiger partial charge >= 0.3 is 6.18 Å². The van der Waals surface area contributed by atoms with Crippen LogP contribution in [0.2, 0.25) is 0 Å². The molecule has 1 saturated heterocycles. The Morgan fingerprint density at radius 3 is 2.65 bits per heavy atom. The standard InChI is InChI=1S/C11H18ClF3O2/c12-7-10(3-1-5-16-8-10)4-2-6-17-9-11(13,14)15/h1-9H2. The molecular formula is C11H18ClF3O2. The van der Waals surface area contributed by atoms with E-state index in [0.717, 1.165) is 25.9 Å². The molecule has 1 heterocycles. The highest BCUT2D eigenvalue weighted by molar-refractivity contribution is 6.18. The van der Waals surface area contributed by atoms with Gasteiger partial charge in [-0.25, -0.2) is 0 Å². The molecule has 2 nitrogen and oxygen atoms in total. The third kappa shape index (κ3) is 5.93. The van der Waals surface area contributed by atoms with E-state index in [9.17, 15) is 13.2 Å². The van der Waals surface area contributed by atoms with E-state index in [1.165, 1.54) is 0 Å². The summed E-state index contributed by atoms with van der Waals surface area (Å²) in [5, 5.41) is 0. The average molecular weight is 275 g/mol. The van der Waals surface area contributed by atoms with Gasteiger partial charge in [-0.2, -0.15) is 13.2 Å². The van der Waals surface area contributed by atoms with Gasteiger partial charge in [-0.05, 0) is 25.7 Å². The summed E-state index contributed by atoms with van der Waals surface area (Å²) in [4.78, 5) is 0. The molecule has 6 heteroatoms. The summed E-state index contributed by atoms with van der Waals surface area (Å²) < 4.78 is 45.4. The maximum atomic E-state index is 11.8. The maximum Gasteiger partial charge on any atom is 0.411 e. The highest BCUT2D eigenvalue weighted by atomic mass is 35.5. The van der Waals surface area contributed by atoms with E-state index in [0.29, 0.717) is 18.9 Å². The van der Waals surface area contributed by atoms with Crippen molar-refractivity contribution in [1.82, 2.24) is 0 Å². The van der Waals surface area contributed by atoms with Gasteiger partial charge in [0.2, 0.25) is 0 Å². The van der Waals surface area contributed by atoms with E-state index in [1.807, 2.05) is 0 Å². The van der Waals surface area contributed by atoms with Crippen molar-refractivity contribution in [2.75, 3.05) is 32.3 Å². The minimum Gasteiger partial charge on any atom is -0.381 e. The smallest absolute Gasteiger partial charge is 0.381 e. The molecule has 0 amide bonds. The minimum absolute atomic E-state index is 0.0681. The third-order valence-electron chi connectivity index (χ3n) is 2.95. The Hall–Kier alpha value is -0.0000000000000000208. The first kappa shape index (κ1) is 15.1. The lowest BCUT2D eigenvalue weighted by Gasteiger charge is -2.35. The van der Waals surface area contributed by atoms with Gasteiger partial charge in [-0.15, -0.1) is 11.6 Å². The van der Waals surface area contributed by atoms with E-state index in [4.69, 9.17) is 16.3 Å². The fourth-order valence-corrected chi connectivity index (χ4v) is 2.36. The Kier molecular flexibility index (Phi) is 6.03. The number of alkyl halides is 4. The summed E-state index contributed by atoms with van der Waals surface area (Å²) >= 11 is 5.92. The zero-order chi connectivity index (χ0) is 12.8. The molecule has 0 aromatic heterocycles. The van der Waals surface area contributed by atoms with Gasteiger partial charge in [0.25, 0.3) is 0 Å². The molecule has 102 valence electrons. The summed E-state index contributed by atoms with van der Waals surface area (Å²) in [6.07, 6.45) is -0.940. The Morgan fingerprint density at radius 1 is 1.35 bits per heavy atom. The molecule has 0 bridgehead atoms. The molecule has 0 saturated carbocycles. The minimum atomic E-state index is -4.24. The van der Waals surface area contributed by atoms with Gasteiger partial charge in [-0.1, -0.05) is 0 Å². The molecule has 0 aliphatic carbocycles. The lowest BCUT2D eigenvalue weighted by molar-refractivity contribution is -0.174. The van der Waals surface area contributed by atoms with Crippen LogP contribution in [0, 0.1) is 5.41 Å². The van der Waals surface area contributed by atoms with Gasteiger partial charge in [-0.3, -0.25) is 0 Å². The average Bonchev–Trinajstić information content (AvgIpc) is 2.28. The molecule has 0 N–H and O–H groups in total. The van der Waals surface area contributed by atoms with Crippen molar-refractivity contribution >= 4 is 11.6 Å². The second-order valence-corrected chi connectivity index (χ2v) is 4.83. The van der Waals surface area contributed by atoms with E-state index in [2.05, 4.69) is 4.74 Å². The van der Waals surface area contributed by atoms with E-state index < -0.39 is 12.8 Å². The summed E-state index contributed by atoms with van der Waals surface area (Å²) in [7, 11) is 0. The maximum absolute atomic E-state index is 11.8. The molecule has 1 rings (SSSR count). The van der Waals surface area contributed by atoms with Gasteiger partial charge in [0, 0.05) is 24.5 Å². The quantitative estimate of drug-likeness (QED) is 0.546. The molecule has 1 fully saturated rings. The molecule has 0 spiro atoms. The number of ether oxygens (including phenoxy) is 2. The first-order valence-electron chi connectivity index (χ1n) is 5.76. The third-order valence-corrected chi connectivity index (χ3v) is 3.52. The molecule has 0 aromatic carbocycles. The molecular weight excluding hydrogens is 257 g/mol. The second-order valence-electron chi connectivity index (χ2n) is 4.56. The van der Waals surface area contributed by atoms with Gasteiger partial charge < -0.3 is 9.47 Å². The lowest BCUT2D eigenvalue weighted by Crippen LogP contribution is -2.34. The first-order valence-corrected chi connectivity index (χ1v) is 6.29. The van der Waals surface area contributed by atoms with Crippen molar-refractivity contribution < 1.29 is 22.6 Å². The monoisotopic (exact) mass is 274 g/mol. The van der Waals surface area contributed by atoms with Crippen molar-refractivity contribution in [2.24, 2.45) is 5.41 Å². The molecule has 1 unspecified atom stereocenters. The fourth-order valence-electron chi connectivity index (χ4n) is 2.02. The van der Waals surface area contributed by atoms with Crippen molar-refractivity contribution in [1.29, 1.82) is 0 Å². The van der Waals surface area contributed by atoms with Crippen molar-refractivity contribution in [3.05, 3.63) is 0 Å².